The monoisotopic (exact) mass is 539 g/mol. The van der Waals surface area contributed by atoms with Gasteiger partial charge in [-0.15, -0.1) is 0 Å². The number of anilines is 1. The number of ether oxygens (including phenoxy) is 1. The Balaban J connectivity index is 1.71. The van der Waals surface area contributed by atoms with Gasteiger partial charge in [0.05, 0.1) is 0 Å². The van der Waals surface area contributed by atoms with E-state index in [-0.39, 0.29) is 18.8 Å². The van der Waals surface area contributed by atoms with Crippen LogP contribution in [0.25, 0.3) is 11.3 Å². The van der Waals surface area contributed by atoms with Gasteiger partial charge in [-0.1, -0.05) is 6.92 Å². The van der Waals surface area contributed by atoms with E-state index in [1.165, 1.54) is 4.90 Å². The van der Waals surface area contributed by atoms with E-state index >= 15 is 0 Å². The average Bonchev–Trinajstić information content (AvgIpc) is 2.95. The zero-order valence-electron chi connectivity index (χ0n) is 21.8. The number of carbonyl (C=O) groups is 3. The van der Waals surface area contributed by atoms with Crippen molar-refractivity contribution in [2.45, 2.75) is 39.2 Å². The first-order chi connectivity index (χ1) is 18.5. The molecule has 202 valence electrons. The average molecular weight is 540 g/mol. The number of unbranched alkanes of at least 4 members (excludes halogenated alkanes) is 1. The van der Waals surface area contributed by atoms with Crippen LogP contribution in [0, 0.1) is 5.63 Å². The van der Waals surface area contributed by atoms with E-state index < -0.39 is 31.9 Å². The zero-order valence-corrected chi connectivity index (χ0v) is 22.7. The molecule has 1 aliphatic heterocycles. The van der Waals surface area contributed by atoms with Gasteiger partial charge >= 0.3 is 217 Å². The topological polar surface area (TPSA) is 121 Å². The molecule has 1 fully saturated rings. The van der Waals surface area contributed by atoms with Crippen LogP contribution < -0.4 is 10.6 Å². The predicted molar refractivity (Wildman–Crippen MR) is 146 cm³/mol. The Kier molecular flexibility index (Phi) is 11.4. The predicted octanol–water partition coefficient (Wildman–Crippen LogP) is 4.00. The fourth-order valence-electron chi connectivity index (χ4n) is 3.87. The first-order valence-electron chi connectivity index (χ1n) is 12.9. The van der Waals surface area contributed by atoms with E-state index in [2.05, 4.69) is 21.2 Å². The van der Waals surface area contributed by atoms with E-state index in [1.54, 1.807) is 11.0 Å². The van der Waals surface area contributed by atoms with Crippen LogP contribution in [0.5, 0.6) is 0 Å². The maximum atomic E-state index is 13.2. The van der Waals surface area contributed by atoms with Crippen molar-refractivity contribution in [2.75, 3.05) is 44.6 Å². The van der Waals surface area contributed by atoms with Gasteiger partial charge in [0.25, 0.3) is 0 Å². The Morgan fingerprint density at radius 3 is 2.42 bits per heavy atom. The minimum absolute atomic E-state index is 0.117. The molecule has 0 saturated carbocycles. The first-order valence-corrected chi connectivity index (χ1v) is 13.7. The molecule has 3 rings (SSSR count). The number of hydrogen-bond donors (Lipinski definition) is 2. The molecule has 11 heteroatoms. The fourth-order valence-corrected chi connectivity index (χ4v) is 4.15. The summed E-state index contributed by atoms with van der Waals surface area (Å²) >= 11 is 0. The summed E-state index contributed by atoms with van der Waals surface area (Å²) in [6.07, 6.45) is 2.23. The van der Waals surface area contributed by atoms with Gasteiger partial charge in [0.1, 0.15) is 0 Å². The molecule has 2 aromatic rings. The molecule has 1 atom stereocenters. The zero-order chi connectivity index (χ0) is 27.3. The third-order valence-electron chi connectivity index (χ3n) is 5.98. The van der Waals surface area contributed by atoms with Crippen molar-refractivity contribution in [3.63, 3.8) is 0 Å². The van der Waals surface area contributed by atoms with Crippen molar-refractivity contribution in [1.29, 1.82) is 0 Å². The summed E-state index contributed by atoms with van der Waals surface area (Å²) in [6, 6.07) is 11.7. The van der Waals surface area contributed by atoms with Gasteiger partial charge in [-0.05, 0) is 0 Å². The number of nitrogens with zero attached hydrogens (tertiary/aromatic N) is 3. The summed E-state index contributed by atoms with van der Waals surface area (Å²) in [5.74, 6) is -1.04. The van der Waals surface area contributed by atoms with Gasteiger partial charge in [0, 0.05) is 0 Å². The summed E-state index contributed by atoms with van der Waals surface area (Å²) in [4.78, 5) is 46.2. The standard InChI is InChI=1S/C27H34N5O5P/c1-3-5-16-37-27(35)32-14-12-31(13-15-32)26(34)24(19-38-36)30-25(33)23-18-21(28-11-4-2)17-22(29-23)20-9-7-6-8-10-20/h6-10,17-18,24H,3-5,11-16H2,1-2H3,(H,28,29)(H,30,33)/t24-/m0/s1. The van der Waals surface area contributed by atoms with E-state index in [9.17, 15) is 18.9 Å². The molecule has 10 nitrogen and oxygen atoms in total. The molecule has 3 amide bonds. The number of aromatic nitrogens is 1. The minimum atomic E-state index is -1.24. The van der Waals surface area contributed by atoms with Crippen LogP contribution in [-0.4, -0.2) is 78.1 Å². The van der Waals surface area contributed by atoms with Crippen molar-refractivity contribution in [3.05, 3.63) is 48.2 Å². The van der Waals surface area contributed by atoms with Crippen molar-refractivity contribution in [2.24, 2.45) is 0 Å². The van der Waals surface area contributed by atoms with Crippen molar-refractivity contribution in [3.8, 4) is 16.9 Å². The van der Waals surface area contributed by atoms with Gasteiger partial charge in [-0.3, -0.25) is 0 Å². The summed E-state index contributed by atoms with van der Waals surface area (Å²) < 4.78 is 16.6. The van der Waals surface area contributed by atoms with Gasteiger partial charge in [-0.25, -0.2) is 0 Å². The molecule has 1 saturated heterocycles. The Morgan fingerprint density at radius 2 is 1.76 bits per heavy atom. The number of rotatable bonds is 10. The number of amides is 3. The van der Waals surface area contributed by atoms with E-state index in [0.29, 0.717) is 25.4 Å². The summed E-state index contributed by atoms with van der Waals surface area (Å²) in [6.45, 7) is 6.27. The van der Waals surface area contributed by atoms with Gasteiger partial charge in [-0.2, -0.15) is 0 Å². The molecule has 1 aromatic carbocycles. The fraction of sp³-hybridized carbons (Fsp3) is 0.444. The molecule has 2 N–H and O–H groups in total. The summed E-state index contributed by atoms with van der Waals surface area (Å²) in [7, 11) is -0.512. The van der Waals surface area contributed by atoms with Gasteiger partial charge in [0.2, 0.25) is 0 Å². The third-order valence-corrected chi connectivity index (χ3v) is 6.35. The second-order valence-electron chi connectivity index (χ2n) is 8.83. The van der Waals surface area contributed by atoms with E-state index in [4.69, 9.17) is 4.74 Å². The second-order valence-corrected chi connectivity index (χ2v) is 9.27. The van der Waals surface area contributed by atoms with Crippen molar-refractivity contribution >= 4 is 31.5 Å². The number of nitrogens with one attached hydrogen (secondary N) is 2. The molecule has 2 heterocycles. The SMILES string of the molecule is CCCCOC(=O)N1CCN(C(=O)[C@H](C#P=O)NC(=O)c2cc(NCCC)cc(-c3ccccc3)n2)CC1. The quantitative estimate of drug-likeness (QED) is 0.346. The van der Waals surface area contributed by atoms with Crippen LogP contribution in [-0.2, 0) is 14.1 Å². The van der Waals surface area contributed by atoms with Crippen LogP contribution in [0.4, 0.5) is 10.5 Å². The summed E-state index contributed by atoms with van der Waals surface area (Å²) in [5, 5.41) is 5.90. The number of hydrogen-bond acceptors (Lipinski definition) is 7. The molecular weight excluding hydrogens is 505 g/mol. The van der Waals surface area contributed by atoms with E-state index in [1.807, 2.05) is 50.2 Å². The number of pyridine rings is 1. The first kappa shape index (κ1) is 29.0. The maximum absolute atomic E-state index is 13.2. The molecular formula is C27H34N5O5P. The van der Waals surface area contributed by atoms with Crippen LogP contribution in [0.1, 0.15) is 43.6 Å². The third kappa shape index (κ3) is 8.20. The molecule has 38 heavy (non-hydrogen) atoms. The molecule has 0 spiro atoms. The molecule has 0 bridgehead atoms. The summed E-state index contributed by atoms with van der Waals surface area (Å²) in [5.41, 5.74) is 4.79. The Morgan fingerprint density at radius 1 is 1.05 bits per heavy atom. The number of piperazine rings is 1. The van der Waals surface area contributed by atoms with Crippen LogP contribution in [0.15, 0.2) is 42.5 Å². The van der Waals surface area contributed by atoms with Crippen LogP contribution in [0.2, 0.25) is 0 Å². The molecule has 0 aliphatic carbocycles. The van der Waals surface area contributed by atoms with Gasteiger partial charge < -0.3 is 0 Å². The molecule has 1 aliphatic rings. The Hall–Kier alpha value is -3.61. The van der Waals surface area contributed by atoms with Crippen LogP contribution >= 0.6 is 7.92 Å². The second kappa shape index (κ2) is 15.0. The normalized spacial score (nSPS) is 13.7. The molecule has 1 aromatic heterocycles. The van der Waals surface area contributed by atoms with Crippen LogP contribution in [0.3, 0.4) is 0 Å². The molecule has 0 radical (unpaired) electrons. The molecule has 0 unspecified atom stereocenters. The Labute approximate surface area is 224 Å². The van der Waals surface area contributed by atoms with Crippen molar-refractivity contribution < 1.29 is 23.7 Å². The van der Waals surface area contributed by atoms with E-state index in [0.717, 1.165) is 37.1 Å². The number of carbonyl (C=O) groups excluding carboxylic acids is 3. The van der Waals surface area contributed by atoms with Gasteiger partial charge in [0.15, 0.2) is 0 Å². The number of benzene rings is 1. The van der Waals surface area contributed by atoms with Crippen molar-refractivity contribution in [1.82, 2.24) is 20.1 Å². The Bertz CT molecular complexity index is 1210.